The molecule has 1 saturated carbocycles. The van der Waals surface area contributed by atoms with Crippen molar-refractivity contribution in [2.24, 2.45) is 5.92 Å². The standard InChI is InChI=1S/C12H16ClN3O/c1-7(4-8-2-3-8)16-12(17)9-5-11(13)15-6-10(9)14/h5-8H,2-4,14H2,1H3,(H,16,17). The molecule has 0 spiro atoms. The molecule has 0 saturated heterocycles. The minimum Gasteiger partial charge on any atom is -0.397 e. The van der Waals surface area contributed by atoms with Crippen LogP contribution in [-0.2, 0) is 0 Å². The Kier molecular flexibility index (Phi) is 3.52. The van der Waals surface area contributed by atoms with E-state index in [9.17, 15) is 4.79 Å². The maximum atomic E-state index is 12.0. The lowest BCUT2D eigenvalue weighted by molar-refractivity contribution is 0.0938. The number of hydrogen-bond donors (Lipinski definition) is 2. The minimum absolute atomic E-state index is 0.168. The second-order valence-corrected chi connectivity index (χ2v) is 5.04. The molecule has 1 unspecified atom stereocenters. The second kappa shape index (κ2) is 4.92. The average Bonchev–Trinajstić information content (AvgIpc) is 3.05. The van der Waals surface area contributed by atoms with E-state index in [2.05, 4.69) is 10.3 Å². The molecule has 0 aromatic carbocycles. The van der Waals surface area contributed by atoms with Gasteiger partial charge in [0.25, 0.3) is 5.91 Å². The van der Waals surface area contributed by atoms with E-state index in [1.165, 1.54) is 25.1 Å². The molecule has 1 atom stereocenters. The summed E-state index contributed by atoms with van der Waals surface area (Å²) in [6.07, 6.45) is 5.00. The van der Waals surface area contributed by atoms with E-state index in [4.69, 9.17) is 17.3 Å². The fraction of sp³-hybridized carbons (Fsp3) is 0.500. The average molecular weight is 254 g/mol. The van der Waals surface area contributed by atoms with Crippen LogP contribution in [0.15, 0.2) is 12.3 Å². The topological polar surface area (TPSA) is 68.0 Å². The largest absolute Gasteiger partial charge is 0.397 e. The van der Waals surface area contributed by atoms with Crippen LogP contribution in [0.25, 0.3) is 0 Å². The van der Waals surface area contributed by atoms with Gasteiger partial charge in [0, 0.05) is 6.04 Å². The van der Waals surface area contributed by atoms with Crippen LogP contribution in [0.2, 0.25) is 5.15 Å². The van der Waals surface area contributed by atoms with Gasteiger partial charge in [-0.3, -0.25) is 4.79 Å². The van der Waals surface area contributed by atoms with E-state index >= 15 is 0 Å². The molecular weight excluding hydrogens is 238 g/mol. The number of amides is 1. The predicted octanol–water partition coefficient (Wildman–Crippen LogP) is 2.24. The highest BCUT2D eigenvalue weighted by atomic mass is 35.5. The van der Waals surface area contributed by atoms with Crippen molar-refractivity contribution in [2.75, 3.05) is 5.73 Å². The number of hydrogen-bond acceptors (Lipinski definition) is 3. The number of carbonyl (C=O) groups excluding carboxylic acids is 1. The van der Waals surface area contributed by atoms with E-state index in [1.807, 2.05) is 6.92 Å². The van der Waals surface area contributed by atoms with Crippen LogP contribution in [0.1, 0.15) is 36.5 Å². The van der Waals surface area contributed by atoms with Crippen LogP contribution in [0, 0.1) is 5.92 Å². The van der Waals surface area contributed by atoms with Crippen LogP contribution in [0.4, 0.5) is 5.69 Å². The molecule has 1 aliphatic carbocycles. The smallest absolute Gasteiger partial charge is 0.253 e. The zero-order chi connectivity index (χ0) is 12.4. The van der Waals surface area contributed by atoms with Crippen LogP contribution in [0.5, 0.6) is 0 Å². The molecule has 3 N–H and O–H groups in total. The number of nitrogens with two attached hydrogens (primary N) is 1. The van der Waals surface area contributed by atoms with E-state index in [-0.39, 0.29) is 17.1 Å². The maximum absolute atomic E-state index is 12.0. The molecule has 0 radical (unpaired) electrons. The van der Waals surface area contributed by atoms with Crippen molar-refractivity contribution in [2.45, 2.75) is 32.2 Å². The van der Waals surface area contributed by atoms with Crippen molar-refractivity contribution >= 4 is 23.2 Å². The monoisotopic (exact) mass is 253 g/mol. The van der Waals surface area contributed by atoms with Gasteiger partial charge < -0.3 is 11.1 Å². The molecule has 1 aromatic rings. The van der Waals surface area contributed by atoms with E-state index in [0.717, 1.165) is 12.3 Å². The SMILES string of the molecule is CC(CC1CC1)NC(=O)c1cc(Cl)ncc1N. The summed E-state index contributed by atoms with van der Waals surface area (Å²) in [7, 11) is 0. The molecule has 1 aromatic heterocycles. The van der Waals surface area contributed by atoms with Crippen molar-refractivity contribution in [1.82, 2.24) is 10.3 Å². The Morgan fingerprint density at radius 2 is 2.41 bits per heavy atom. The van der Waals surface area contributed by atoms with Crippen LogP contribution in [-0.4, -0.2) is 16.9 Å². The highest BCUT2D eigenvalue weighted by Crippen LogP contribution is 2.33. The molecular formula is C12H16ClN3O. The van der Waals surface area contributed by atoms with E-state index in [0.29, 0.717) is 11.3 Å². The lowest BCUT2D eigenvalue weighted by atomic mass is 10.1. The Morgan fingerprint density at radius 3 is 3.06 bits per heavy atom. The van der Waals surface area contributed by atoms with Gasteiger partial charge >= 0.3 is 0 Å². The third kappa shape index (κ3) is 3.33. The normalized spacial score (nSPS) is 16.6. The maximum Gasteiger partial charge on any atom is 0.253 e. The van der Waals surface area contributed by atoms with Crippen molar-refractivity contribution in [1.29, 1.82) is 0 Å². The molecule has 17 heavy (non-hydrogen) atoms. The molecule has 4 nitrogen and oxygen atoms in total. The van der Waals surface area contributed by atoms with Gasteiger partial charge in [-0.15, -0.1) is 0 Å². The number of aromatic nitrogens is 1. The molecule has 1 fully saturated rings. The van der Waals surface area contributed by atoms with Gasteiger partial charge in [-0.1, -0.05) is 24.4 Å². The van der Waals surface area contributed by atoms with Gasteiger partial charge in [0.05, 0.1) is 17.4 Å². The molecule has 0 aliphatic heterocycles. The highest BCUT2D eigenvalue weighted by molar-refractivity contribution is 6.29. The molecule has 92 valence electrons. The van der Waals surface area contributed by atoms with Gasteiger partial charge in [-0.05, 0) is 25.3 Å². The number of rotatable bonds is 4. The fourth-order valence-corrected chi connectivity index (χ4v) is 2.01. The molecule has 1 aliphatic rings. The van der Waals surface area contributed by atoms with Gasteiger partial charge in [0.15, 0.2) is 0 Å². The summed E-state index contributed by atoms with van der Waals surface area (Å²) in [6, 6.07) is 1.66. The van der Waals surface area contributed by atoms with E-state index < -0.39 is 0 Å². The predicted molar refractivity (Wildman–Crippen MR) is 67.9 cm³/mol. The number of carbonyl (C=O) groups is 1. The molecule has 2 rings (SSSR count). The lowest BCUT2D eigenvalue weighted by Crippen LogP contribution is -2.33. The number of halogens is 1. The summed E-state index contributed by atoms with van der Waals surface area (Å²) in [5.41, 5.74) is 6.45. The highest BCUT2D eigenvalue weighted by Gasteiger charge is 2.24. The summed E-state index contributed by atoms with van der Waals surface area (Å²) in [6.45, 7) is 2.01. The van der Waals surface area contributed by atoms with Crippen LogP contribution in [0.3, 0.4) is 0 Å². The summed E-state index contributed by atoms with van der Waals surface area (Å²) >= 11 is 5.75. The first kappa shape index (κ1) is 12.2. The Morgan fingerprint density at radius 1 is 1.71 bits per heavy atom. The zero-order valence-electron chi connectivity index (χ0n) is 9.74. The second-order valence-electron chi connectivity index (χ2n) is 4.65. The molecule has 5 heteroatoms. The number of nitrogens with one attached hydrogen (secondary N) is 1. The Hall–Kier alpha value is -1.29. The van der Waals surface area contributed by atoms with Crippen molar-refractivity contribution in [3.8, 4) is 0 Å². The van der Waals surface area contributed by atoms with Gasteiger partial charge in [-0.25, -0.2) is 4.98 Å². The number of nitrogens with zero attached hydrogens (tertiary/aromatic N) is 1. The Labute approximate surface area is 106 Å². The van der Waals surface area contributed by atoms with E-state index in [1.54, 1.807) is 0 Å². The third-order valence-electron chi connectivity index (χ3n) is 2.91. The third-order valence-corrected chi connectivity index (χ3v) is 3.11. The summed E-state index contributed by atoms with van der Waals surface area (Å²) in [4.78, 5) is 15.8. The number of anilines is 1. The first-order valence-electron chi connectivity index (χ1n) is 5.78. The molecule has 1 heterocycles. The zero-order valence-corrected chi connectivity index (χ0v) is 10.5. The molecule has 0 bridgehead atoms. The number of pyridine rings is 1. The van der Waals surface area contributed by atoms with Gasteiger partial charge in [0.2, 0.25) is 0 Å². The lowest BCUT2D eigenvalue weighted by Gasteiger charge is -2.14. The van der Waals surface area contributed by atoms with Gasteiger partial charge in [0.1, 0.15) is 5.15 Å². The van der Waals surface area contributed by atoms with Gasteiger partial charge in [-0.2, -0.15) is 0 Å². The minimum atomic E-state index is -0.181. The van der Waals surface area contributed by atoms with Crippen LogP contribution < -0.4 is 11.1 Å². The number of nitrogen functional groups attached to an aromatic ring is 1. The van der Waals surface area contributed by atoms with Crippen LogP contribution >= 0.6 is 11.6 Å². The Balaban J connectivity index is 2.00. The Bertz CT molecular complexity index is 432. The summed E-state index contributed by atoms with van der Waals surface area (Å²) < 4.78 is 0. The quantitative estimate of drug-likeness (QED) is 0.809. The first-order valence-corrected chi connectivity index (χ1v) is 6.16. The first-order chi connectivity index (χ1) is 8.06. The fourth-order valence-electron chi connectivity index (χ4n) is 1.85. The summed E-state index contributed by atoms with van der Waals surface area (Å²) in [5, 5.41) is 3.21. The van der Waals surface area contributed by atoms with Crippen molar-refractivity contribution < 1.29 is 4.79 Å². The van der Waals surface area contributed by atoms with Crippen molar-refractivity contribution in [3.63, 3.8) is 0 Å². The summed E-state index contributed by atoms with van der Waals surface area (Å²) in [5.74, 6) is 0.601. The molecule has 1 amide bonds. The van der Waals surface area contributed by atoms with Crippen molar-refractivity contribution in [3.05, 3.63) is 23.0 Å².